The first-order valence-corrected chi connectivity index (χ1v) is 12.9. The van der Waals surface area contributed by atoms with E-state index in [0.29, 0.717) is 21.8 Å². The van der Waals surface area contributed by atoms with E-state index in [1.54, 1.807) is 43.3 Å². The molecular formula is C27H25ClN2O3S. The summed E-state index contributed by atoms with van der Waals surface area (Å²) in [4.78, 5) is 12.9. The van der Waals surface area contributed by atoms with Gasteiger partial charge >= 0.3 is 6.03 Å². The zero-order chi connectivity index (χ0) is 24.3. The van der Waals surface area contributed by atoms with E-state index in [1.807, 2.05) is 49.4 Å². The summed E-state index contributed by atoms with van der Waals surface area (Å²) in [6, 6.07) is 24.9. The van der Waals surface area contributed by atoms with Gasteiger partial charge in [-0.05, 0) is 65.6 Å². The van der Waals surface area contributed by atoms with Crippen molar-refractivity contribution in [2.75, 3.05) is 5.32 Å². The van der Waals surface area contributed by atoms with E-state index in [9.17, 15) is 13.2 Å². The molecule has 174 valence electrons. The van der Waals surface area contributed by atoms with Crippen LogP contribution in [0.3, 0.4) is 0 Å². The van der Waals surface area contributed by atoms with Gasteiger partial charge in [0.25, 0.3) is 0 Å². The molecule has 0 aliphatic heterocycles. The van der Waals surface area contributed by atoms with Crippen molar-refractivity contribution in [1.29, 1.82) is 0 Å². The molecule has 0 unspecified atom stereocenters. The smallest absolute Gasteiger partial charge is 0.319 e. The zero-order valence-electron chi connectivity index (χ0n) is 18.9. The lowest BCUT2D eigenvalue weighted by molar-refractivity contribution is 0.249. The number of fused-ring (bicyclic) bond motifs is 1. The van der Waals surface area contributed by atoms with E-state index in [0.717, 1.165) is 16.3 Å². The summed E-state index contributed by atoms with van der Waals surface area (Å²) in [6.07, 6.45) is 0. The molecule has 34 heavy (non-hydrogen) atoms. The zero-order valence-corrected chi connectivity index (χ0v) is 20.5. The molecule has 4 aromatic rings. The van der Waals surface area contributed by atoms with E-state index in [-0.39, 0.29) is 16.7 Å². The van der Waals surface area contributed by atoms with E-state index in [2.05, 4.69) is 10.6 Å². The molecule has 2 N–H and O–H groups in total. The van der Waals surface area contributed by atoms with Crippen LogP contribution in [0.2, 0.25) is 5.02 Å². The molecule has 0 aliphatic rings. The fourth-order valence-electron chi connectivity index (χ4n) is 3.96. The van der Waals surface area contributed by atoms with Crippen LogP contribution in [-0.2, 0) is 15.6 Å². The van der Waals surface area contributed by atoms with Crippen molar-refractivity contribution in [3.63, 3.8) is 0 Å². The Balaban J connectivity index is 1.50. The second-order valence-electron chi connectivity index (χ2n) is 8.25. The van der Waals surface area contributed by atoms with E-state index >= 15 is 0 Å². The second-order valence-corrected chi connectivity index (χ2v) is 10.6. The summed E-state index contributed by atoms with van der Waals surface area (Å²) >= 11 is 5.90. The van der Waals surface area contributed by atoms with Gasteiger partial charge in [0.1, 0.15) is 0 Å². The number of carbonyl (C=O) groups is 1. The molecule has 0 radical (unpaired) electrons. The number of amides is 2. The van der Waals surface area contributed by atoms with E-state index in [1.165, 1.54) is 6.07 Å². The number of sulfone groups is 1. The van der Waals surface area contributed by atoms with Crippen LogP contribution in [-0.4, -0.2) is 14.4 Å². The second kappa shape index (κ2) is 9.87. The summed E-state index contributed by atoms with van der Waals surface area (Å²) in [5.74, 6) is -0.154. The normalized spacial score (nSPS) is 12.3. The van der Waals surface area contributed by atoms with Crippen LogP contribution in [0.1, 0.15) is 29.7 Å². The maximum atomic E-state index is 13.1. The molecule has 1 atom stereocenters. The third-order valence-corrected chi connectivity index (χ3v) is 7.76. The molecule has 4 rings (SSSR count). The number of anilines is 1. The molecule has 2 amide bonds. The molecular weight excluding hydrogens is 468 g/mol. The standard InChI is InChI=1S/C27H25ClN2O3S/c1-18-10-15-23(16-26(18)34(32,33)17-20-11-13-22(28)14-12-20)30-27(31)29-19(2)24-9-5-7-21-6-3-4-8-25(21)24/h3-16,19H,17H2,1-2H3,(H2,29,30,31)/t19-/m0/s1. The lowest BCUT2D eigenvalue weighted by Gasteiger charge is -2.18. The molecule has 7 heteroatoms. The van der Waals surface area contributed by atoms with Gasteiger partial charge in [0.15, 0.2) is 9.84 Å². The molecule has 0 aromatic heterocycles. The topological polar surface area (TPSA) is 75.3 Å². The maximum absolute atomic E-state index is 13.1. The van der Waals surface area contributed by atoms with Crippen molar-refractivity contribution in [3.8, 4) is 0 Å². The minimum Gasteiger partial charge on any atom is -0.331 e. The Bertz CT molecular complexity index is 1450. The molecule has 0 fully saturated rings. The molecule has 0 spiro atoms. The first kappa shape index (κ1) is 23.8. The molecule has 0 aliphatic carbocycles. The predicted molar refractivity (Wildman–Crippen MR) is 138 cm³/mol. The number of carbonyl (C=O) groups excluding carboxylic acids is 1. The SMILES string of the molecule is Cc1ccc(NC(=O)N[C@@H](C)c2cccc3ccccc23)cc1S(=O)(=O)Cc1ccc(Cl)cc1. The first-order valence-electron chi connectivity index (χ1n) is 10.9. The summed E-state index contributed by atoms with van der Waals surface area (Å²) in [5.41, 5.74) is 2.67. The minimum atomic E-state index is -3.62. The molecule has 0 saturated heterocycles. The van der Waals surface area contributed by atoms with Crippen LogP contribution < -0.4 is 10.6 Å². The van der Waals surface area contributed by atoms with Crippen LogP contribution in [0.15, 0.2) is 89.8 Å². The summed E-state index contributed by atoms with van der Waals surface area (Å²) in [5, 5.41) is 8.43. The number of hydrogen-bond acceptors (Lipinski definition) is 3. The van der Waals surface area contributed by atoms with Crippen molar-refractivity contribution in [2.45, 2.75) is 30.5 Å². The quantitative estimate of drug-likeness (QED) is 0.316. The predicted octanol–water partition coefficient (Wildman–Crippen LogP) is 6.66. The third kappa shape index (κ3) is 5.41. The highest BCUT2D eigenvalue weighted by Crippen LogP contribution is 2.26. The Morgan fingerprint density at radius 2 is 1.65 bits per heavy atom. The van der Waals surface area contributed by atoms with Crippen molar-refractivity contribution in [2.24, 2.45) is 0 Å². The van der Waals surface area contributed by atoms with Gasteiger partial charge in [-0.3, -0.25) is 0 Å². The third-order valence-electron chi connectivity index (χ3n) is 5.69. The van der Waals surface area contributed by atoms with E-state index in [4.69, 9.17) is 11.6 Å². The van der Waals surface area contributed by atoms with Gasteiger partial charge in [-0.2, -0.15) is 0 Å². The lowest BCUT2D eigenvalue weighted by Crippen LogP contribution is -2.31. The first-order chi connectivity index (χ1) is 16.2. The van der Waals surface area contributed by atoms with Crippen LogP contribution >= 0.6 is 11.6 Å². The fourth-order valence-corrected chi connectivity index (χ4v) is 5.74. The van der Waals surface area contributed by atoms with Crippen molar-refractivity contribution in [1.82, 2.24) is 5.32 Å². The Hall–Kier alpha value is -3.35. The van der Waals surface area contributed by atoms with Crippen molar-refractivity contribution in [3.05, 3.63) is 107 Å². The van der Waals surface area contributed by atoms with Crippen LogP contribution in [0.4, 0.5) is 10.5 Å². The van der Waals surface area contributed by atoms with Gasteiger partial charge in [0.05, 0.1) is 16.7 Å². The highest BCUT2D eigenvalue weighted by atomic mass is 35.5. The Morgan fingerprint density at radius 3 is 2.41 bits per heavy atom. The summed E-state index contributed by atoms with van der Waals surface area (Å²) < 4.78 is 26.1. The van der Waals surface area contributed by atoms with Crippen molar-refractivity contribution < 1.29 is 13.2 Å². The number of hydrogen-bond donors (Lipinski definition) is 2. The van der Waals surface area contributed by atoms with Gasteiger partial charge in [-0.25, -0.2) is 13.2 Å². The Labute approximate surface area is 204 Å². The number of halogens is 1. The molecule has 0 bridgehead atoms. The van der Waals surface area contributed by atoms with Gasteiger partial charge in [-0.1, -0.05) is 72.3 Å². The van der Waals surface area contributed by atoms with Crippen molar-refractivity contribution >= 4 is 43.9 Å². The van der Waals surface area contributed by atoms with Crippen LogP contribution in [0.5, 0.6) is 0 Å². The molecule has 0 heterocycles. The van der Waals surface area contributed by atoms with Crippen LogP contribution in [0, 0.1) is 6.92 Å². The average Bonchev–Trinajstić information content (AvgIpc) is 2.81. The largest absolute Gasteiger partial charge is 0.331 e. The van der Waals surface area contributed by atoms with Gasteiger partial charge in [0.2, 0.25) is 0 Å². The van der Waals surface area contributed by atoms with E-state index < -0.39 is 15.9 Å². The molecule has 5 nitrogen and oxygen atoms in total. The molecule has 0 saturated carbocycles. The van der Waals surface area contributed by atoms with Gasteiger partial charge < -0.3 is 10.6 Å². The number of nitrogens with one attached hydrogen (secondary N) is 2. The number of rotatable bonds is 6. The Kier molecular flexibility index (Phi) is 6.91. The number of aryl methyl sites for hydroxylation is 1. The number of benzene rings is 4. The minimum absolute atomic E-state index is 0.154. The number of urea groups is 1. The van der Waals surface area contributed by atoms with Gasteiger partial charge in [-0.15, -0.1) is 0 Å². The molecule has 4 aromatic carbocycles. The monoisotopic (exact) mass is 492 g/mol. The highest BCUT2D eigenvalue weighted by molar-refractivity contribution is 7.90. The fraction of sp³-hybridized carbons (Fsp3) is 0.148. The van der Waals surface area contributed by atoms with Gasteiger partial charge in [0, 0.05) is 10.7 Å². The lowest BCUT2D eigenvalue weighted by atomic mass is 10.00. The Morgan fingerprint density at radius 1 is 0.941 bits per heavy atom. The summed E-state index contributed by atoms with van der Waals surface area (Å²) in [7, 11) is -3.62. The highest BCUT2D eigenvalue weighted by Gasteiger charge is 2.19. The average molecular weight is 493 g/mol. The maximum Gasteiger partial charge on any atom is 0.319 e. The summed E-state index contributed by atoms with van der Waals surface area (Å²) in [6.45, 7) is 3.65. The van der Waals surface area contributed by atoms with Crippen LogP contribution in [0.25, 0.3) is 10.8 Å².